The Labute approximate surface area is 246 Å². The lowest BCUT2D eigenvalue weighted by atomic mass is 9.40. The predicted octanol–water partition coefficient (Wildman–Crippen LogP) is 4.43. The van der Waals surface area contributed by atoms with Crippen LogP contribution in [-0.2, 0) is 28.6 Å². The van der Waals surface area contributed by atoms with Crippen molar-refractivity contribution in [3.05, 3.63) is 12.7 Å². The maximum absolute atomic E-state index is 13.6. The minimum Gasteiger partial charge on any atom is -0.466 e. The summed E-state index contributed by atoms with van der Waals surface area (Å²) in [6, 6.07) is 0. The molecule has 2 aliphatic carbocycles. The Hall–Kier alpha value is -1.81. The molecule has 1 saturated heterocycles. The van der Waals surface area contributed by atoms with Gasteiger partial charge in [-0.15, -0.1) is 6.58 Å². The van der Waals surface area contributed by atoms with Gasteiger partial charge in [-0.25, -0.2) is 0 Å². The van der Waals surface area contributed by atoms with Crippen molar-refractivity contribution in [3.8, 4) is 0 Å². The lowest BCUT2D eigenvalue weighted by molar-refractivity contribution is -0.370. The molecule has 0 unspecified atom stereocenters. The third-order valence-electron chi connectivity index (χ3n) is 9.82. The molecule has 3 rings (SSSR count). The molecule has 41 heavy (non-hydrogen) atoms. The van der Waals surface area contributed by atoms with Gasteiger partial charge in [-0.1, -0.05) is 65.9 Å². The number of carbonyl (C=O) groups excluding carboxylic acids is 3. The Bertz CT molecular complexity index is 963. The van der Waals surface area contributed by atoms with Gasteiger partial charge in [0, 0.05) is 31.6 Å². The van der Waals surface area contributed by atoms with E-state index >= 15 is 0 Å². The fraction of sp³-hybridized carbons (Fsp3) is 0.844. The summed E-state index contributed by atoms with van der Waals surface area (Å²) in [5.41, 5.74) is -7.00. The van der Waals surface area contributed by atoms with Gasteiger partial charge in [0.15, 0.2) is 17.5 Å². The van der Waals surface area contributed by atoms with Gasteiger partial charge in [0.05, 0.1) is 24.4 Å². The molecule has 0 aromatic heterocycles. The second-order valence-corrected chi connectivity index (χ2v) is 13.5. The Balaban J connectivity index is 0.000000415. The maximum atomic E-state index is 13.6. The smallest absolute Gasteiger partial charge is 0.303 e. The first-order chi connectivity index (χ1) is 18.9. The molecule has 0 radical (unpaired) electrons. The van der Waals surface area contributed by atoms with E-state index in [9.17, 15) is 29.7 Å². The molecule has 0 spiro atoms. The SMILES string of the molecule is C=C[C@@]1(C)CC(=O)[C@]2(O)[C@@]3(C)[C@@H](O)CCC(C)(C)[C@@H]3[C@H](O)[C@H](OC(C)=O)[C@@]2(C)O1.CCCCCCCCOC(C)=O. The van der Waals surface area contributed by atoms with Crippen molar-refractivity contribution in [2.24, 2.45) is 16.7 Å². The van der Waals surface area contributed by atoms with E-state index in [1.54, 1.807) is 13.8 Å². The van der Waals surface area contributed by atoms with Gasteiger partial charge in [-0.2, -0.15) is 0 Å². The monoisotopic (exact) mass is 582 g/mol. The number of fused-ring (bicyclic) bond motifs is 3. The second kappa shape index (κ2) is 13.2. The van der Waals surface area contributed by atoms with E-state index in [1.165, 1.54) is 59.0 Å². The van der Waals surface area contributed by atoms with Gasteiger partial charge < -0.3 is 29.5 Å². The van der Waals surface area contributed by atoms with Crippen molar-refractivity contribution < 1.29 is 43.9 Å². The third kappa shape index (κ3) is 6.58. The Kier molecular flexibility index (Phi) is 11.4. The molecule has 236 valence electrons. The molecule has 9 heteroatoms. The summed E-state index contributed by atoms with van der Waals surface area (Å²) in [5.74, 6) is -2.04. The zero-order valence-electron chi connectivity index (χ0n) is 26.5. The lowest BCUT2D eigenvalue weighted by Crippen LogP contribution is -2.86. The Morgan fingerprint density at radius 3 is 2.15 bits per heavy atom. The molecule has 0 aromatic carbocycles. The van der Waals surface area contributed by atoms with Crippen LogP contribution in [0.4, 0.5) is 0 Å². The van der Waals surface area contributed by atoms with Crippen LogP contribution >= 0.6 is 0 Å². The molecular formula is C32H54O9. The normalized spacial score (nSPS) is 39.3. The van der Waals surface area contributed by atoms with Gasteiger partial charge in [-0.05, 0) is 38.5 Å². The number of carbonyl (C=O) groups is 3. The number of hydrogen-bond acceptors (Lipinski definition) is 9. The summed E-state index contributed by atoms with van der Waals surface area (Å²) in [7, 11) is 0. The number of rotatable bonds is 9. The number of ketones is 1. The number of aliphatic hydroxyl groups is 3. The number of aliphatic hydroxyl groups excluding tert-OH is 2. The zero-order chi connectivity index (χ0) is 31.4. The van der Waals surface area contributed by atoms with E-state index in [4.69, 9.17) is 14.2 Å². The molecule has 0 amide bonds. The van der Waals surface area contributed by atoms with Crippen LogP contribution < -0.4 is 0 Å². The van der Waals surface area contributed by atoms with Crippen LogP contribution in [0.1, 0.15) is 113 Å². The minimum atomic E-state index is -2.18. The van der Waals surface area contributed by atoms with Crippen molar-refractivity contribution in [1.82, 2.24) is 0 Å². The molecule has 1 aliphatic heterocycles. The zero-order valence-corrected chi connectivity index (χ0v) is 26.5. The van der Waals surface area contributed by atoms with Crippen LogP contribution in [0.2, 0.25) is 0 Å². The van der Waals surface area contributed by atoms with Crippen LogP contribution in [0.3, 0.4) is 0 Å². The number of unbranched alkanes of at least 4 members (excludes halogenated alkanes) is 5. The fourth-order valence-corrected chi connectivity index (χ4v) is 7.76. The van der Waals surface area contributed by atoms with Crippen LogP contribution in [0.5, 0.6) is 0 Å². The van der Waals surface area contributed by atoms with Crippen molar-refractivity contribution in [1.29, 1.82) is 0 Å². The van der Waals surface area contributed by atoms with E-state index in [0.29, 0.717) is 19.4 Å². The minimum absolute atomic E-state index is 0.138. The van der Waals surface area contributed by atoms with Crippen LogP contribution in [0.25, 0.3) is 0 Å². The predicted molar refractivity (Wildman–Crippen MR) is 155 cm³/mol. The number of Topliss-reactive ketones (excluding diaryl/α,β-unsaturated/α-hetero) is 1. The number of esters is 2. The summed E-state index contributed by atoms with van der Waals surface area (Å²) in [5, 5.41) is 34.7. The highest BCUT2D eigenvalue weighted by Crippen LogP contribution is 2.67. The molecule has 2 saturated carbocycles. The Morgan fingerprint density at radius 2 is 1.61 bits per heavy atom. The highest BCUT2D eigenvalue weighted by Gasteiger charge is 2.81. The molecule has 3 N–H and O–H groups in total. The summed E-state index contributed by atoms with van der Waals surface area (Å²) in [6.07, 6.45) is 6.11. The number of ether oxygens (including phenoxy) is 3. The van der Waals surface area contributed by atoms with Gasteiger partial charge in [0.2, 0.25) is 0 Å². The quantitative estimate of drug-likeness (QED) is 0.205. The first kappa shape index (κ1) is 35.4. The third-order valence-corrected chi connectivity index (χ3v) is 9.82. The van der Waals surface area contributed by atoms with E-state index in [1.807, 2.05) is 13.8 Å². The average Bonchev–Trinajstić information content (AvgIpc) is 2.86. The van der Waals surface area contributed by atoms with Crippen LogP contribution in [-0.4, -0.2) is 74.8 Å². The fourth-order valence-electron chi connectivity index (χ4n) is 7.76. The molecule has 3 fully saturated rings. The number of hydrogen-bond donors (Lipinski definition) is 3. The molecule has 0 bridgehead atoms. The van der Waals surface area contributed by atoms with Gasteiger partial charge >= 0.3 is 11.9 Å². The molecule has 9 nitrogen and oxygen atoms in total. The largest absolute Gasteiger partial charge is 0.466 e. The van der Waals surface area contributed by atoms with Gasteiger partial charge in [0.25, 0.3) is 0 Å². The highest BCUT2D eigenvalue weighted by atomic mass is 16.6. The molecule has 0 aromatic rings. The summed E-state index contributed by atoms with van der Waals surface area (Å²) < 4.78 is 16.6. The van der Waals surface area contributed by atoms with Crippen molar-refractivity contribution in [2.45, 2.75) is 148 Å². The lowest BCUT2D eigenvalue weighted by Gasteiger charge is -2.71. The molecular weight excluding hydrogens is 528 g/mol. The van der Waals surface area contributed by atoms with E-state index in [-0.39, 0.29) is 12.4 Å². The molecule has 8 atom stereocenters. The van der Waals surface area contributed by atoms with Crippen molar-refractivity contribution >= 4 is 17.7 Å². The Morgan fingerprint density at radius 1 is 1.02 bits per heavy atom. The van der Waals surface area contributed by atoms with E-state index in [2.05, 4.69) is 13.5 Å². The standard InChI is InChI=1S/C22H34O7.C10H20O2/c1-8-19(5)11-14(25)22(27)20(6)13(24)9-10-18(3,4)16(20)15(26)17(28-12(2)23)21(22,7)29-19;1-3-4-5-6-7-8-9-12-10(2)11/h8,13,15-17,24,26-27H,1,9-11H2,2-7H3;3-9H2,1-2H3/t13-,15-,16-,17-,19-,20-,21+,22-;/m0./s1. The van der Waals surface area contributed by atoms with Gasteiger partial charge in [-0.3, -0.25) is 14.4 Å². The topological polar surface area (TPSA) is 140 Å². The van der Waals surface area contributed by atoms with E-state index < -0.39 is 63.6 Å². The van der Waals surface area contributed by atoms with Crippen LogP contribution in [0, 0.1) is 16.7 Å². The summed E-state index contributed by atoms with van der Waals surface area (Å²) in [4.78, 5) is 35.9. The molecule has 1 heterocycles. The first-order valence-electron chi connectivity index (χ1n) is 15.1. The second-order valence-electron chi connectivity index (χ2n) is 13.5. The molecule has 3 aliphatic rings. The highest BCUT2D eigenvalue weighted by molar-refractivity contribution is 5.92. The van der Waals surface area contributed by atoms with Gasteiger partial charge in [0.1, 0.15) is 5.60 Å². The van der Waals surface area contributed by atoms with Crippen molar-refractivity contribution in [2.75, 3.05) is 6.61 Å². The summed E-state index contributed by atoms with van der Waals surface area (Å²) in [6.45, 7) is 17.9. The van der Waals surface area contributed by atoms with E-state index in [0.717, 1.165) is 6.42 Å². The van der Waals surface area contributed by atoms with Crippen LogP contribution in [0.15, 0.2) is 12.7 Å². The van der Waals surface area contributed by atoms with Crippen molar-refractivity contribution in [3.63, 3.8) is 0 Å². The first-order valence-corrected chi connectivity index (χ1v) is 15.1. The maximum Gasteiger partial charge on any atom is 0.303 e. The summed E-state index contributed by atoms with van der Waals surface area (Å²) >= 11 is 0. The average molecular weight is 583 g/mol.